The van der Waals surface area contributed by atoms with Crippen molar-refractivity contribution in [3.05, 3.63) is 45.3 Å². The van der Waals surface area contributed by atoms with Gasteiger partial charge in [0.2, 0.25) is 0 Å². The minimum absolute atomic E-state index is 0.302. The van der Waals surface area contributed by atoms with E-state index < -0.39 is 12.0 Å². The Bertz CT molecular complexity index is 841. The summed E-state index contributed by atoms with van der Waals surface area (Å²) < 4.78 is 5.79. The third kappa shape index (κ3) is 3.54. The zero-order valence-electron chi connectivity index (χ0n) is 14.6. The average molecular weight is 358 g/mol. The molecule has 1 unspecified atom stereocenters. The average Bonchev–Trinajstić information content (AvgIpc) is 3.11. The molecule has 0 aliphatic heterocycles. The van der Waals surface area contributed by atoms with Crippen LogP contribution < -0.4 is 15.8 Å². The first-order chi connectivity index (χ1) is 11.9. The van der Waals surface area contributed by atoms with Gasteiger partial charge in [0.1, 0.15) is 10.8 Å². The molecule has 6 heteroatoms. The molecule has 1 aliphatic carbocycles. The highest BCUT2D eigenvalue weighted by molar-refractivity contribution is 7.16. The molecule has 1 aromatic carbocycles. The van der Waals surface area contributed by atoms with E-state index in [0.29, 0.717) is 16.3 Å². The fourth-order valence-electron chi connectivity index (χ4n) is 3.10. The number of ether oxygens (including phenoxy) is 1. The largest absolute Gasteiger partial charge is 0.481 e. The number of nitrogens with two attached hydrogens (primary N) is 1. The van der Waals surface area contributed by atoms with Crippen molar-refractivity contribution in [3.63, 3.8) is 0 Å². The molecule has 0 saturated heterocycles. The van der Waals surface area contributed by atoms with E-state index in [1.807, 2.05) is 26.0 Å². The van der Waals surface area contributed by atoms with Gasteiger partial charge in [0.25, 0.3) is 11.8 Å². The van der Waals surface area contributed by atoms with E-state index in [9.17, 15) is 9.59 Å². The SMILES string of the molecule is Cc1sc(NC(=O)C(C)Oc2ccc3c(c2)CCC3)c(C(N)=O)c1C. The van der Waals surface area contributed by atoms with Gasteiger partial charge in [-0.1, -0.05) is 6.07 Å². The maximum Gasteiger partial charge on any atom is 0.265 e. The lowest BCUT2D eigenvalue weighted by atomic mass is 10.1. The number of hydrogen-bond acceptors (Lipinski definition) is 4. The van der Waals surface area contributed by atoms with E-state index in [4.69, 9.17) is 10.5 Å². The van der Waals surface area contributed by atoms with Crippen LogP contribution in [0.25, 0.3) is 0 Å². The van der Waals surface area contributed by atoms with Crippen molar-refractivity contribution in [1.29, 1.82) is 0 Å². The molecule has 2 aromatic rings. The fraction of sp³-hybridized carbons (Fsp3) is 0.368. The zero-order chi connectivity index (χ0) is 18.1. The molecule has 1 aromatic heterocycles. The summed E-state index contributed by atoms with van der Waals surface area (Å²) in [6, 6.07) is 5.99. The monoisotopic (exact) mass is 358 g/mol. The van der Waals surface area contributed by atoms with Gasteiger partial charge >= 0.3 is 0 Å². The van der Waals surface area contributed by atoms with Crippen LogP contribution in [-0.4, -0.2) is 17.9 Å². The molecule has 3 N–H and O–H groups in total. The summed E-state index contributed by atoms with van der Waals surface area (Å²) in [7, 11) is 0. The number of thiophene rings is 1. The van der Waals surface area contributed by atoms with Crippen LogP contribution in [0.5, 0.6) is 5.75 Å². The van der Waals surface area contributed by atoms with Crippen LogP contribution in [0.1, 0.15) is 45.3 Å². The van der Waals surface area contributed by atoms with Crippen molar-refractivity contribution in [1.82, 2.24) is 0 Å². The quantitative estimate of drug-likeness (QED) is 0.860. The van der Waals surface area contributed by atoms with E-state index in [-0.39, 0.29) is 5.91 Å². The molecule has 1 aliphatic rings. The topological polar surface area (TPSA) is 81.4 Å². The fourth-order valence-corrected chi connectivity index (χ4v) is 4.17. The molecule has 132 valence electrons. The standard InChI is InChI=1S/C19H22N2O3S/c1-10-12(3)25-19(16(10)17(20)22)21-18(23)11(2)24-15-8-7-13-5-4-6-14(13)9-15/h7-9,11H,4-6H2,1-3H3,(H2,20,22)(H,21,23). The lowest BCUT2D eigenvalue weighted by molar-refractivity contribution is -0.122. The molecular formula is C19H22N2O3S. The predicted octanol–water partition coefficient (Wildman–Crippen LogP) is 3.36. The van der Waals surface area contributed by atoms with Crippen molar-refractivity contribution < 1.29 is 14.3 Å². The maximum absolute atomic E-state index is 12.5. The Labute approximate surface area is 151 Å². The predicted molar refractivity (Wildman–Crippen MR) is 99.5 cm³/mol. The Balaban J connectivity index is 1.71. The number of fused-ring (bicyclic) bond motifs is 1. The highest BCUT2D eigenvalue weighted by Crippen LogP contribution is 2.32. The van der Waals surface area contributed by atoms with Crippen molar-refractivity contribution in [3.8, 4) is 5.75 Å². The minimum atomic E-state index is -0.678. The number of rotatable bonds is 5. The van der Waals surface area contributed by atoms with Gasteiger partial charge < -0.3 is 15.8 Å². The van der Waals surface area contributed by atoms with Gasteiger partial charge in [-0.05, 0) is 68.9 Å². The van der Waals surface area contributed by atoms with E-state index in [1.54, 1.807) is 6.92 Å². The first-order valence-corrected chi connectivity index (χ1v) is 9.17. The molecule has 2 amide bonds. The molecule has 0 radical (unpaired) electrons. The summed E-state index contributed by atoms with van der Waals surface area (Å²) in [4.78, 5) is 25.1. The summed E-state index contributed by atoms with van der Waals surface area (Å²) in [5.74, 6) is -0.148. The van der Waals surface area contributed by atoms with Crippen LogP contribution in [0.15, 0.2) is 18.2 Å². The Hall–Kier alpha value is -2.34. The first kappa shape index (κ1) is 17.5. The van der Waals surface area contributed by atoms with Crippen LogP contribution in [0, 0.1) is 13.8 Å². The minimum Gasteiger partial charge on any atom is -0.481 e. The van der Waals surface area contributed by atoms with Crippen LogP contribution in [0.2, 0.25) is 0 Å². The molecule has 1 heterocycles. The summed E-state index contributed by atoms with van der Waals surface area (Å²) in [5, 5.41) is 3.26. The Morgan fingerprint density at radius 3 is 2.68 bits per heavy atom. The molecule has 0 fully saturated rings. The van der Waals surface area contributed by atoms with E-state index >= 15 is 0 Å². The van der Waals surface area contributed by atoms with Gasteiger partial charge in [0, 0.05) is 4.88 Å². The summed E-state index contributed by atoms with van der Waals surface area (Å²) in [6.45, 7) is 5.42. The maximum atomic E-state index is 12.5. The second-order valence-electron chi connectivity index (χ2n) is 6.39. The van der Waals surface area contributed by atoms with Crippen LogP contribution in [-0.2, 0) is 17.6 Å². The molecule has 1 atom stereocenters. The molecule has 5 nitrogen and oxygen atoms in total. The summed E-state index contributed by atoms with van der Waals surface area (Å²) in [5.41, 5.74) is 9.28. The lowest BCUT2D eigenvalue weighted by Gasteiger charge is -2.15. The van der Waals surface area contributed by atoms with E-state index in [1.165, 1.54) is 28.9 Å². The molecule has 0 bridgehead atoms. The molecule has 0 saturated carbocycles. The molecule has 0 spiro atoms. The zero-order valence-corrected chi connectivity index (χ0v) is 15.5. The van der Waals surface area contributed by atoms with Crippen molar-refractivity contribution in [2.45, 2.75) is 46.1 Å². The van der Waals surface area contributed by atoms with Crippen molar-refractivity contribution in [2.75, 3.05) is 5.32 Å². The normalized spacial score (nSPS) is 14.0. The van der Waals surface area contributed by atoms with E-state index in [0.717, 1.165) is 23.3 Å². The Morgan fingerprint density at radius 2 is 1.96 bits per heavy atom. The van der Waals surface area contributed by atoms with E-state index in [2.05, 4.69) is 11.4 Å². The van der Waals surface area contributed by atoms with Gasteiger partial charge in [-0.3, -0.25) is 9.59 Å². The number of nitrogens with one attached hydrogen (secondary N) is 1. The van der Waals surface area contributed by atoms with Crippen molar-refractivity contribution in [2.24, 2.45) is 5.73 Å². The van der Waals surface area contributed by atoms with Gasteiger partial charge in [0.15, 0.2) is 6.10 Å². The molecule has 25 heavy (non-hydrogen) atoms. The van der Waals surface area contributed by atoms with Gasteiger partial charge in [0.05, 0.1) is 5.56 Å². The van der Waals surface area contributed by atoms with Crippen LogP contribution in [0.4, 0.5) is 5.00 Å². The number of amides is 2. The molecular weight excluding hydrogens is 336 g/mol. The third-order valence-corrected chi connectivity index (χ3v) is 5.74. The van der Waals surface area contributed by atoms with Gasteiger partial charge in [-0.25, -0.2) is 0 Å². The number of aryl methyl sites for hydroxylation is 3. The number of carbonyl (C=O) groups is 2. The number of carbonyl (C=O) groups excluding carboxylic acids is 2. The van der Waals surface area contributed by atoms with Gasteiger partial charge in [-0.2, -0.15) is 0 Å². The second kappa shape index (κ2) is 6.88. The molecule has 3 rings (SSSR count). The van der Waals surface area contributed by atoms with Crippen LogP contribution >= 0.6 is 11.3 Å². The highest BCUT2D eigenvalue weighted by Gasteiger charge is 2.22. The number of benzene rings is 1. The first-order valence-electron chi connectivity index (χ1n) is 8.36. The Kier molecular flexibility index (Phi) is 4.81. The Morgan fingerprint density at radius 1 is 1.24 bits per heavy atom. The second-order valence-corrected chi connectivity index (χ2v) is 7.61. The smallest absolute Gasteiger partial charge is 0.265 e. The lowest BCUT2D eigenvalue weighted by Crippen LogP contribution is -2.30. The van der Waals surface area contributed by atoms with Gasteiger partial charge in [-0.15, -0.1) is 11.3 Å². The number of hydrogen-bond donors (Lipinski definition) is 2. The third-order valence-electron chi connectivity index (χ3n) is 4.62. The highest BCUT2D eigenvalue weighted by atomic mass is 32.1. The number of anilines is 1. The summed E-state index contributed by atoms with van der Waals surface area (Å²) >= 11 is 1.35. The summed E-state index contributed by atoms with van der Waals surface area (Å²) in [6.07, 6.45) is 2.66. The number of primary amides is 1. The van der Waals surface area contributed by atoms with Crippen LogP contribution in [0.3, 0.4) is 0 Å². The van der Waals surface area contributed by atoms with Crippen molar-refractivity contribution >= 4 is 28.2 Å².